The van der Waals surface area contributed by atoms with E-state index in [-0.39, 0.29) is 6.04 Å². The monoisotopic (exact) mass is 321 g/mol. The Balaban J connectivity index is 2.46. The molecule has 21 heavy (non-hydrogen) atoms. The van der Waals surface area contributed by atoms with E-state index in [9.17, 15) is 0 Å². The predicted molar refractivity (Wildman–Crippen MR) is 92.5 cm³/mol. The Bertz CT molecular complexity index is 623. The van der Waals surface area contributed by atoms with Gasteiger partial charge in [0, 0.05) is 10.0 Å². The third-order valence-electron chi connectivity index (χ3n) is 3.68. The van der Waals surface area contributed by atoms with Gasteiger partial charge in [-0.05, 0) is 67.3 Å². The quantitative estimate of drug-likeness (QED) is 0.744. The number of aryl methyl sites for hydroxylation is 2. The summed E-state index contributed by atoms with van der Waals surface area (Å²) < 4.78 is 0. The van der Waals surface area contributed by atoms with Crippen LogP contribution in [0.5, 0.6) is 0 Å². The molecule has 0 aromatic heterocycles. The molecule has 2 aromatic carbocycles. The molecule has 0 saturated carbocycles. The molecule has 0 saturated heterocycles. The number of hydrogen-bond donors (Lipinski definition) is 1. The van der Waals surface area contributed by atoms with Gasteiger partial charge in [0.25, 0.3) is 0 Å². The Hall–Kier alpha value is -1.02. The van der Waals surface area contributed by atoms with Crippen molar-refractivity contribution in [2.75, 3.05) is 6.54 Å². The second kappa shape index (κ2) is 7.31. The molecule has 0 aliphatic heterocycles. The van der Waals surface area contributed by atoms with E-state index < -0.39 is 0 Å². The van der Waals surface area contributed by atoms with Crippen molar-refractivity contribution in [3.63, 3.8) is 0 Å². The maximum atomic E-state index is 6.30. The molecule has 0 amide bonds. The van der Waals surface area contributed by atoms with Crippen LogP contribution in [-0.4, -0.2) is 6.54 Å². The summed E-state index contributed by atoms with van der Waals surface area (Å²) in [7, 11) is 0. The fourth-order valence-electron chi connectivity index (χ4n) is 2.41. The number of rotatable bonds is 5. The number of halogens is 2. The van der Waals surface area contributed by atoms with Crippen molar-refractivity contribution < 1.29 is 0 Å². The molecule has 3 heteroatoms. The van der Waals surface area contributed by atoms with Gasteiger partial charge >= 0.3 is 0 Å². The molecule has 2 rings (SSSR count). The first-order valence-corrected chi connectivity index (χ1v) is 8.04. The third kappa shape index (κ3) is 4.00. The molecule has 0 radical (unpaired) electrons. The molecule has 2 aromatic rings. The highest BCUT2D eigenvalue weighted by molar-refractivity contribution is 6.31. The third-order valence-corrected chi connectivity index (χ3v) is 4.32. The molecule has 0 aliphatic carbocycles. The molecule has 0 bridgehead atoms. The molecule has 1 nitrogen and oxygen atoms in total. The summed E-state index contributed by atoms with van der Waals surface area (Å²) in [5.74, 6) is 0. The van der Waals surface area contributed by atoms with Gasteiger partial charge < -0.3 is 5.32 Å². The first-order chi connectivity index (χ1) is 10.0. The Kier molecular flexibility index (Phi) is 5.69. The minimum absolute atomic E-state index is 0.113. The lowest BCUT2D eigenvalue weighted by Gasteiger charge is -2.22. The largest absolute Gasteiger partial charge is 0.306 e. The average molecular weight is 322 g/mol. The molecule has 0 aliphatic rings. The highest BCUT2D eigenvalue weighted by Gasteiger charge is 2.16. The zero-order valence-corrected chi connectivity index (χ0v) is 14.2. The van der Waals surface area contributed by atoms with Crippen molar-refractivity contribution in [2.45, 2.75) is 33.2 Å². The lowest BCUT2D eigenvalue weighted by molar-refractivity contribution is 0.596. The Morgan fingerprint density at radius 1 is 1.00 bits per heavy atom. The molecule has 0 heterocycles. The van der Waals surface area contributed by atoms with Crippen LogP contribution in [0.25, 0.3) is 0 Å². The van der Waals surface area contributed by atoms with Gasteiger partial charge in [-0.3, -0.25) is 0 Å². The topological polar surface area (TPSA) is 12.0 Å². The van der Waals surface area contributed by atoms with Crippen molar-refractivity contribution in [2.24, 2.45) is 0 Å². The van der Waals surface area contributed by atoms with Crippen molar-refractivity contribution in [3.05, 3.63) is 68.7 Å². The smallest absolute Gasteiger partial charge is 0.0580 e. The summed E-state index contributed by atoms with van der Waals surface area (Å²) in [4.78, 5) is 0. The lowest BCUT2D eigenvalue weighted by atomic mass is 9.94. The van der Waals surface area contributed by atoms with Gasteiger partial charge in [-0.15, -0.1) is 0 Å². The molecule has 112 valence electrons. The summed E-state index contributed by atoms with van der Waals surface area (Å²) in [5, 5.41) is 5.16. The minimum Gasteiger partial charge on any atom is -0.306 e. The van der Waals surface area contributed by atoms with E-state index in [1.807, 2.05) is 25.1 Å². The van der Waals surface area contributed by atoms with E-state index in [2.05, 4.69) is 37.4 Å². The number of benzene rings is 2. The zero-order chi connectivity index (χ0) is 15.4. The predicted octanol–water partition coefficient (Wildman–Crippen LogP) is 5.70. The maximum Gasteiger partial charge on any atom is 0.0580 e. The summed E-state index contributed by atoms with van der Waals surface area (Å²) in [6.45, 7) is 7.24. The van der Waals surface area contributed by atoms with Crippen LogP contribution in [0.2, 0.25) is 10.0 Å². The van der Waals surface area contributed by atoms with Crippen LogP contribution in [0.15, 0.2) is 36.4 Å². The fraction of sp³-hybridized carbons (Fsp3) is 0.333. The first kappa shape index (κ1) is 16.4. The molecule has 1 N–H and O–H groups in total. The highest BCUT2D eigenvalue weighted by Crippen LogP contribution is 2.30. The fourth-order valence-corrected chi connectivity index (χ4v) is 2.78. The molecular weight excluding hydrogens is 301 g/mol. The Morgan fingerprint density at radius 2 is 1.71 bits per heavy atom. The Morgan fingerprint density at radius 3 is 2.38 bits per heavy atom. The Labute approximate surface area is 137 Å². The van der Waals surface area contributed by atoms with Crippen LogP contribution in [0.1, 0.15) is 41.6 Å². The second-order valence-electron chi connectivity index (χ2n) is 5.40. The van der Waals surface area contributed by atoms with Crippen LogP contribution in [0, 0.1) is 13.8 Å². The second-order valence-corrected chi connectivity index (χ2v) is 6.24. The van der Waals surface area contributed by atoms with Crippen LogP contribution < -0.4 is 5.32 Å². The lowest BCUT2D eigenvalue weighted by Crippen LogP contribution is -2.24. The van der Waals surface area contributed by atoms with E-state index in [1.54, 1.807) is 0 Å². The van der Waals surface area contributed by atoms with Gasteiger partial charge in [0.2, 0.25) is 0 Å². The maximum absolute atomic E-state index is 6.30. The van der Waals surface area contributed by atoms with Crippen molar-refractivity contribution in [1.29, 1.82) is 0 Å². The SMILES string of the molecule is CCCNC(c1ccc(C)c(Cl)c1)c1cc(Cl)ccc1C. The summed E-state index contributed by atoms with van der Waals surface area (Å²) in [6.07, 6.45) is 1.08. The van der Waals surface area contributed by atoms with E-state index >= 15 is 0 Å². The standard InChI is InChI=1S/C18H21Cl2N/c1-4-9-21-18(14-7-5-13(3)17(20)10-14)16-11-15(19)8-6-12(16)2/h5-8,10-11,18,21H,4,9H2,1-3H3. The zero-order valence-electron chi connectivity index (χ0n) is 12.7. The highest BCUT2D eigenvalue weighted by atomic mass is 35.5. The molecule has 0 fully saturated rings. The van der Waals surface area contributed by atoms with E-state index in [0.29, 0.717) is 0 Å². The summed E-state index contributed by atoms with van der Waals surface area (Å²) in [5.41, 5.74) is 4.70. The normalized spacial score (nSPS) is 12.4. The van der Waals surface area contributed by atoms with Crippen LogP contribution >= 0.6 is 23.2 Å². The molecular formula is C18H21Cl2N. The van der Waals surface area contributed by atoms with Gasteiger partial charge in [-0.1, -0.05) is 48.3 Å². The molecule has 1 unspecified atom stereocenters. The van der Waals surface area contributed by atoms with Crippen LogP contribution in [-0.2, 0) is 0 Å². The van der Waals surface area contributed by atoms with Gasteiger partial charge in [-0.2, -0.15) is 0 Å². The minimum atomic E-state index is 0.113. The van der Waals surface area contributed by atoms with Crippen molar-refractivity contribution in [1.82, 2.24) is 5.32 Å². The van der Waals surface area contributed by atoms with Gasteiger partial charge in [0.05, 0.1) is 6.04 Å². The van der Waals surface area contributed by atoms with E-state index in [1.165, 1.54) is 16.7 Å². The van der Waals surface area contributed by atoms with Gasteiger partial charge in [0.15, 0.2) is 0 Å². The van der Waals surface area contributed by atoms with Crippen molar-refractivity contribution >= 4 is 23.2 Å². The van der Waals surface area contributed by atoms with E-state index in [4.69, 9.17) is 23.2 Å². The number of hydrogen-bond acceptors (Lipinski definition) is 1. The van der Waals surface area contributed by atoms with Crippen LogP contribution in [0.3, 0.4) is 0 Å². The molecule has 1 atom stereocenters. The summed E-state index contributed by atoms with van der Waals surface area (Å²) >= 11 is 12.5. The van der Waals surface area contributed by atoms with Crippen LogP contribution in [0.4, 0.5) is 0 Å². The van der Waals surface area contributed by atoms with E-state index in [0.717, 1.165) is 28.6 Å². The summed E-state index contributed by atoms with van der Waals surface area (Å²) in [6, 6.07) is 12.4. The van der Waals surface area contributed by atoms with Gasteiger partial charge in [-0.25, -0.2) is 0 Å². The average Bonchev–Trinajstić information content (AvgIpc) is 2.46. The first-order valence-electron chi connectivity index (χ1n) is 7.28. The number of nitrogens with one attached hydrogen (secondary N) is 1. The van der Waals surface area contributed by atoms with Crippen molar-refractivity contribution in [3.8, 4) is 0 Å². The van der Waals surface area contributed by atoms with Gasteiger partial charge in [0.1, 0.15) is 0 Å². The molecule has 0 spiro atoms.